The van der Waals surface area contributed by atoms with E-state index in [1.165, 1.54) is 6.92 Å². The molecule has 1 N–H and O–H groups in total. The molecule has 0 saturated heterocycles. The lowest BCUT2D eigenvalue weighted by atomic mass is 9.81. The highest BCUT2D eigenvalue weighted by molar-refractivity contribution is 5.74. The molecular weight excluding hydrogens is 310 g/mol. The zero-order valence-electron chi connectivity index (χ0n) is 14.3. The standard InChI is InChI=1S/C16H23N5O3/c1-11(22)19-16(7-5-4-6-8-16)15-18-14(24-20-15)13(23-3)12-9-17-21(2)10-12/h9-10,13H,4-8H2,1-3H3,(H,19,22). The number of nitrogens with one attached hydrogen (secondary N) is 1. The summed E-state index contributed by atoms with van der Waals surface area (Å²) in [6.07, 6.45) is 7.93. The Hall–Kier alpha value is -2.22. The third-order valence-corrected chi connectivity index (χ3v) is 4.48. The van der Waals surface area contributed by atoms with Gasteiger partial charge >= 0.3 is 0 Å². The zero-order chi connectivity index (χ0) is 17.2. The van der Waals surface area contributed by atoms with Crippen LogP contribution >= 0.6 is 0 Å². The zero-order valence-corrected chi connectivity index (χ0v) is 14.3. The van der Waals surface area contributed by atoms with Crippen LogP contribution in [0.2, 0.25) is 0 Å². The van der Waals surface area contributed by atoms with Crippen molar-refractivity contribution >= 4 is 5.91 Å². The molecular formula is C16H23N5O3. The number of rotatable bonds is 5. The van der Waals surface area contributed by atoms with Crippen LogP contribution in [-0.4, -0.2) is 32.9 Å². The first kappa shape index (κ1) is 16.6. The van der Waals surface area contributed by atoms with E-state index in [0.717, 1.165) is 37.7 Å². The van der Waals surface area contributed by atoms with E-state index >= 15 is 0 Å². The van der Waals surface area contributed by atoms with E-state index in [0.29, 0.717) is 11.7 Å². The summed E-state index contributed by atoms with van der Waals surface area (Å²) in [4.78, 5) is 16.2. The van der Waals surface area contributed by atoms with Crippen LogP contribution in [0, 0.1) is 0 Å². The fourth-order valence-corrected chi connectivity index (χ4v) is 3.39. The van der Waals surface area contributed by atoms with Gasteiger partial charge < -0.3 is 14.6 Å². The van der Waals surface area contributed by atoms with Crippen molar-refractivity contribution in [2.75, 3.05) is 7.11 Å². The molecule has 2 aromatic rings. The van der Waals surface area contributed by atoms with Gasteiger partial charge in [0, 0.05) is 32.8 Å². The Labute approximate surface area is 140 Å². The normalized spacial score (nSPS) is 18.3. The molecule has 2 heterocycles. The highest BCUT2D eigenvalue weighted by atomic mass is 16.5. The van der Waals surface area contributed by atoms with Crippen molar-refractivity contribution < 1.29 is 14.1 Å². The summed E-state index contributed by atoms with van der Waals surface area (Å²) < 4.78 is 12.7. The van der Waals surface area contributed by atoms with Gasteiger partial charge in [0.05, 0.1) is 6.20 Å². The number of methoxy groups -OCH3 is 1. The highest BCUT2D eigenvalue weighted by Gasteiger charge is 2.40. The van der Waals surface area contributed by atoms with Gasteiger partial charge in [-0.25, -0.2) is 0 Å². The fourth-order valence-electron chi connectivity index (χ4n) is 3.39. The third kappa shape index (κ3) is 3.19. The summed E-state index contributed by atoms with van der Waals surface area (Å²) in [6.45, 7) is 1.52. The van der Waals surface area contributed by atoms with Crippen LogP contribution in [0.1, 0.15) is 62.4 Å². The molecule has 8 nitrogen and oxygen atoms in total. The van der Waals surface area contributed by atoms with Gasteiger partial charge in [-0.15, -0.1) is 0 Å². The molecule has 24 heavy (non-hydrogen) atoms. The molecule has 1 aliphatic carbocycles. The summed E-state index contributed by atoms with van der Waals surface area (Å²) >= 11 is 0. The minimum atomic E-state index is -0.543. The molecule has 8 heteroatoms. The molecule has 3 rings (SSSR count). The number of aryl methyl sites for hydroxylation is 1. The largest absolute Gasteiger partial charge is 0.367 e. The average Bonchev–Trinajstić information content (AvgIpc) is 3.19. The smallest absolute Gasteiger partial charge is 0.260 e. The van der Waals surface area contributed by atoms with Crippen LogP contribution in [0.15, 0.2) is 16.9 Å². The van der Waals surface area contributed by atoms with Gasteiger partial charge in [0.2, 0.25) is 5.91 Å². The quantitative estimate of drug-likeness (QED) is 0.897. The van der Waals surface area contributed by atoms with E-state index in [-0.39, 0.29) is 5.91 Å². The molecule has 1 fully saturated rings. The molecule has 130 valence electrons. The first-order valence-electron chi connectivity index (χ1n) is 8.18. The second kappa shape index (κ2) is 6.72. The molecule has 0 aliphatic heterocycles. The van der Waals surface area contributed by atoms with Crippen LogP contribution in [0.4, 0.5) is 0 Å². The maximum atomic E-state index is 11.7. The van der Waals surface area contributed by atoms with Crippen molar-refractivity contribution in [3.8, 4) is 0 Å². The predicted molar refractivity (Wildman–Crippen MR) is 84.9 cm³/mol. The number of amides is 1. The van der Waals surface area contributed by atoms with Gasteiger partial charge in [0.15, 0.2) is 11.9 Å². The molecule has 1 atom stereocenters. The molecule has 2 aromatic heterocycles. The van der Waals surface area contributed by atoms with Crippen molar-refractivity contribution in [1.29, 1.82) is 0 Å². The third-order valence-electron chi connectivity index (χ3n) is 4.48. The first-order chi connectivity index (χ1) is 11.5. The van der Waals surface area contributed by atoms with Gasteiger partial charge in [-0.05, 0) is 12.8 Å². The molecule has 1 saturated carbocycles. The lowest BCUT2D eigenvalue weighted by molar-refractivity contribution is -0.121. The molecule has 0 radical (unpaired) electrons. The van der Waals surface area contributed by atoms with E-state index in [9.17, 15) is 4.79 Å². The van der Waals surface area contributed by atoms with E-state index in [4.69, 9.17) is 9.26 Å². The summed E-state index contributed by atoms with van der Waals surface area (Å²) in [5, 5.41) is 11.4. The second-order valence-electron chi connectivity index (χ2n) is 6.34. The van der Waals surface area contributed by atoms with Gasteiger partial charge in [-0.2, -0.15) is 10.1 Å². The topological polar surface area (TPSA) is 95.1 Å². The lowest BCUT2D eigenvalue weighted by Crippen LogP contribution is -2.47. The average molecular weight is 333 g/mol. The number of carbonyl (C=O) groups excluding carboxylic acids is 1. The van der Waals surface area contributed by atoms with Crippen LogP contribution in [-0.2, 0) is 22.1 Å². The van der Waals surface area contributed by atoms with Gasteiger partial charge in [-0.1, -0.05) is 24.4 Å². The van der Waals surface area contributed by atoms with Crippen LogP contribution in [0.3, 0.4) is 0 Å². The molecule has 1 aliphatic rings. The molecule has 0 spiro atoms. The van der Waals surface area contributed by atoms with E-state index in [1.807, 2.05) is 13.2 Å². The predicted octanol–water partition coefficient (Wildman–Crippen LogP) is 1.83. The Morgan fingerprint density at radius 2 is 2.17 bits per heavy atom. The SMILES string of the molecule is COC(c1cnn(C)c1)c1nc(C2(NC(C)=O)CCCCC2)no1. The van der Waals surface area contributed by atoms with Gasteiger partial charge in [-0.3, -0.25) is 9.48 Å². The minimum absolute atomic E-state index is 0.0844. The van der Waals surface area contributed by atoms with Crippen molar-refractivity contribution in [3.63, 3.8) is 0 Å². The molecule has 1 unspecified atom stereocenters. The molecule has 0 aromatic carbocycles. The van der Waals surface area contributed by atoms with Gasteiger partial charge in [0.1, 0.15) is 5.54 Å². The number of hydrogen-bond acceptors (Lipinski definition) is 6. The summed E-state index contributed by atoms with van der Waals surface area (Å²) in [6, 6.07) is 0. The minimum Gasteiger partial charge on any atom is -0.367 e. The van der Waals surface area contributed by atoms with Crippen molar-refractivity contribution in [1.82, 2.24) is 25.2 Å². The lowest BCUT2D eigenvalue weighted by Gasteiger charge is -2.34. The molecule has 0 bridgehead atoms. The summed E-state index contributed by atoms with van der Waals surface area (Å²) in [5.41, 5.74) is 0.298. The Morgan fingerprint density at radius 1 is 1.42 bits per heavy atom. The van der Waals surface area contributed by atoms with E-state index in [1.54, 1.807) is 18.0 Å². The Morgan fingerprint density at radius 3 is 2.75 bits per heavy atom. The highest BCUT2D eigenvalue weighted by Crippen LogP contribution is 2.36. The van der Waals surface area contributed by atoms with Crippen molar-refractivity contribution in [2.45, 2.75) is 50.7 Å². The van der Waals surface area contributed by atoms with Crippen LogP contribution < -0.4 is 5.32 Å². The Bertz CT molecular complexity index is 702. The van der Waals surface area contributed by atoms with Crippen molar-refractivity contribution in [2.24, 2.45) is 7.05 Å². The fraction of sp³-hybridized carbons (Fsp3) is 0.625. The van der Waals surface area contributed by atoms with Crippen molar-refractivity contribution in [3.05, 3.63) is 29.7 Å². The van der Waals surface area contributed by atoms with Gasteiger partial charge in [0.25, 0.3) is 5.89 Å². The van der Waals surface area contributed by atoms with E-state index in [2.05, 4.69) is 20.6 Å². The second-order valence-corrected chi connectivity index (χ2v) is 6.34. The van der Waals surface area contributed by atoms with E-state index < -0.39 is 11.6 Å². The number of hydrogen-bond donors (Lipinski definition) is 1. The molecule has 1 amide bonds. The Kier molecular flexibility index (Phi) is 4.66. The van der Waals surface area contributed by atoms with Crippen LogP contribution in [0.25, 0.3) is 0 Å². The number of aromatic nitrogens is 4. The summed E-state index contributed by atoms with van der Waals surface area (Å²) in [7, 11) is 3.43. The summed E-state index contributed by atoms with van der Waals surface area (Å²) in [5.74, 6) is 0.813. The maximum Gasteiger partial charge on any atom is 0.260 e. The monoisotopic (exact) mass is 333 g/mol. The van der Waals surface area contributed by atoms with Crippen LogP contribution in [0.5, 0.6) is 0 Å². The number of ether oxygens (including phenoxy) is 1. The first-order valence-corrected chi connectivity index (χ1v) is 8.18. The number of carbonyl (C=O) groups is 1. The maximum absolute atomic E-state index is 11.7. The Balaban J connectivity index is 1.91. The number of nitrogens with zero attached hydrogens (tertiary/aromatic N) is 4.